The van der Waals surface area contributed by atoms with Crippen LogP contribution in [-0.4, -0.2) is 25.7 Å². The molecule has 0 atom stereocenters. The van der Waals surface area contributed by atoms with E-state index in [2.05, 4.69) is 17.2 Å². The lowest BCUT2D eigenvalue weighted by Gasteiger charge is -2.05. The summed E-state index contributed by atoms with van der Waals surface area (Å²) in [5.41, 5.74) is 6.94. The smallest absolute Gasteiger partial charge is 0.226 e. The molecule has 0 spiro atoms. The third-order valence-corrected chi connectivity index (χ3v) is 2.33. The first kappa shape index (κ1) is 15.2. The number of benzene rings is 1. The molecule has 0 aliphatic heterocycles. The monoisotopic (exact) mass is 260 g/mol. The van der Waals surface area contributed by atoms with Crippen molar-refractivity contribution in [1.82, 2.24) is 0 Å². The Labute approximate surface area is 114 Å². The minimum Gasteiger partial charge on any atom is -0.381 e. The molecule has 0 unspecified atom stereocenters. The van der Waals surface area contributed by atoms with Gasteiger partial charge in [0, 0.05) is 17.9 Å². The van der Waals surface area contributed by atoms with E-state index in [1.165, 1.54) is 0 Å². The summed E-state index contributed by atoms with van der Waals surface area (Å²) in [4.78, 5) is 11.6. The van der Waals surface area contributed by atoms with E-state index in [0.717, 1.165) is 17.7 Å². The van der Waals surface area contributed by atoms with Gasteiger partial charge in [-0.05, 0) is 30.7 Å². The van der Waals surface area contributed by atoms with Crippen molar-refractivity contribution >= 4 is 11.6 Å². The van der Waals surface area contributed by atoms with Crippen LogP contribution in [0.4, 0.5) is 5.69 Å². The Morgan fingerprint density at radius 2 is 2.05 bits per heavy atom. The van der Waals surface area contributed by atoms with Crippen LogP contribution in [-0.2, 0) is 9.53 Å². The molecule has 1 rings (SSSR count). The number of ether oxygens (including phenoxy) is 1. The molecule has 4 nitrogen and oxygen atoms in total. The molecule has 0 radical (unpaired) electrons. The second-order valence-electron chi connectivity index (χ2n) is 3.99. The summed E-state index contributed by atoms with van der Waals surface area (Å²) in [6, 6.07) is 7.36. The zero-order valence-electron chi connectivity index (χ0n) is 11.2. The lowest BCUT2D eigenvalue weighted by Crippen LogP contribution is -2.14. The van der Waals surface area contributed by atoms with Gasteiger partial charge in [0.25, 0.3) is 0 Å². The summed E-state index contributed by atoms with van der Waals surface area (Å²) in [5.74, 6) is 5.66. The zero-order chi connectivity index (χ0) is 13.9. The van der Waals surface area contributed by atoms with Gasteiger partial charge in [-0.15, -0.1) is 0 Å². The van der Waals surface area contributed by atoms with E-state index in [1.807, 2.05) is 31.2 Å². The normalized spacial score (nSPS) is 9.58. The van der Waals surface area contributed by atoms with Crippen LogP contribution in [0.3, 0.4) is 0 Å². The van der Waals surface area contributed by atoms with Gasteiger partial charge in [0.2, 0.25) is 5.91 Å². The fraction of sp³-hybridized carbons (Fsp3) is 0.400. The molecule has 0 bridgehead atoms. The molecule has 0 aromatic heterocycles. The molecule has 4 heteroatoms. The molecular formula is C15H20N2O2. The number of nitrogens with two attached hydrogens (primary N) is 1. The number of hydrogen-bond donors (Lipinski definition) is 2. The quantitative estimate of drug-likeness (QED) is 0.605. The third kappa shape index (κ3) is 6.61. The Morgan fingerprint density at radius 1 is 1.32 bits per heavy atom. The maximum absolute atomic E-state index is 11.6. The molecule has 0 aliphatic carbocycles. The van der Waals surface area contributed by atoms with Gasteiger partial charge in [0.05, 0.1) is 19.6 Å². The van der Waals surface area contributed by atoms with Crippen LogP contribution in [0.25, 0.3) is 0 Å². The number of nitrogens with one attached hydrogen (secondary N) is 1. The van der Waals surface area contributed by atoms with Crippen molar-refractivity contribution in [1.29, 1.82) is 0 Å². The van der Waals surface area contributed by atoms with Gasteiger partial charge in [-0.25, -0.2) is 0 Å². The fourth-order valence-corrected chi connectivity index (χ4v) is 1.42. The molecule has 0 saturated heterocycles. The highest BCUT2D eigenvalue weighted by Gasteiger charge is 2.01. The van der Waals surface area contributed by atoms with Crippen molar-refractivity contribution < 1.29 is 9.53 Å². The Kier molecular flexibility index (Phi) is 7.33. The highest BCUT2D eigenvalue weighted by Crippen LogP contribution is 2.09. The maximum Gasteiger partial charge on any atom is 0.226 e. The maximum atomic E-state index is 11.6. The van der Waals surface area contributed by atoms with E-state index < -0.39 is 0 Å². The molecule has 19 heavy (non-hydrogen) atoms. The van der Waals surface area contributed by atoms with Crippen molar-refractivity contribution in [2.75, 3.05) is 25.1 Å². The first-order valence-corrected chi connectivity index (χ1v) is 6.43. The standard InChI is InChI=1S/C15H20N2O2/c1-2-11-19-12-9-15(18)17-14-7-5-13(6-8-14)4-3-10-16/h5-8H,2,9-12,16H2,1H3,(H,17,18). The minimum absolute atomic E-state index is 0.0445. The SMILES string of the molecule is CCCOCCC(=O)Nc1ccc(C#CCN)cc1. The molecule has 3 N–H and O–H groups in total. The second kappa shape index (κ2) is 9.15. The predicted molar refractivity (Wildman–Crippen MR) is 76.7 cm³/mol. The second-order valence-corrected chi connectivity index (χ2v) is 3.99. The predicted octanol–water partition coefficient (Wildman–Crippen LogP) is 1.75. The van der Waals surface area contributed by atoms with E-state index in [4.69, 9.17) is 10.5 Å². The topological polar surface area (TPSA) is 64.3 Å². The average molecular weight is 260 g/mol. The van der Waals surface area contributed by atoms with Crippen LogP contribution in [0.2, 0.25) is 0 Å². The lowest BCUT2D eigenvalue weighted by atomic mass is 10.2. The average Bonchev–Trinajstić information content (AvgIpc) is 2.43. The first-order chi connectivity index (χ1) is 9.26. The summed E-state index contributed by atoms with van der Waals surface area (Å²) in [5, 5.41) is 2.81. The molecule has 1 aromatic rings. The molecule has 102 valence electrons. The van der Waals surface area contributed by atoms with Gasteiger partial charge in [-0.1, -0.05) is 18.8 Å². The first-order valence-electron chi connectivity index (χ1n) is 6.43. The molecule has 0 fully saturated rings. The van der Waals surface area contributed by atoms with Gasteiger partial charge in [-0.2, -0.15) is 0 Å². The molecular weight excluding hydrogens is 240 g/mol. The van der Waals surface area contributed by atoms with Crippen molar-refractivity contribution in [2.45, 2.75) is 19.8 Å². The fourth-order valence-electron chi connectivity index (χ4n) is 1.42. The number of amides is 1. The van der Waals surface area contributed by atoms with E-state index in [0.29, 0.717) is 26.2 Å². The molecule has 1 amide bonds. The summed E-state index contributed by atoms with van der Waals surface area (Å²) in [7, 11) is 0. The third-order valence-electron chi connectivity index (χ3n) is 2.33. The Hall–Kier alpha value is -1.83. The largest absolute Gasteiger partial charge is 0.381 e. The van der Waals surface area contributed by atoms with Crippen molar-refractivity contribution in [2.24, 2.45) is 5.73 Å². The molecule has 0 aliphatic rings. The number of carbonyl (C=O) groups is 1. The van der Waals surface area contributed by atoms with Gasteiger partial charge < -0.3 is 15.8 Å². The lowest BCUT2D eigenvalue weighted by molar-refractivity contribution is -0.117. The van der Waals surface area contributed by atoms with Crippen LogP contribution in [0.15, 0.2) is 24.3 Å². The number of anilines is 1. The van der Waals surface area contributed by atoms with E-state index in [-0.39, 0.29) is 5.91 Å². The Morgan fingerprint density at radius 3 is 2.68 bits per heavy atom. The van der Waals surface area contributed by atoms with E-state index in [1.54, 1.807) is 0 Å². The summed E-state index contributed by atoms with van der Waals surface area (Å²) in [6.07, 6.45) is 1.33. The van der Waals surface area contributed by atoms with Crippen LogP contribution in [0.1, 0.15) is 25.3 Å². The number of carbonyl (C=O) groups excluding carboxylic acids is 1. The van der Waals surface area contributed by atoms with Gasteiger partial charge in [0.1, 0.15) is 0 Å². The summed E-state index contributed by atoms with van der Waals surface area (Å²) in [6.45, 7) is 3.53. The summed E-state index contributed by atoms with van der Waals surface area (Å²) >= 11 is 0. The molecule has 1 aromatic carbocycles. The van der Waals surface area contributed by atoms with Crippen LogP contribution in [0, 0.1) is 11.8 Å². The highest BCUT2D eigenvalue weighted by atomic mass is 16.5. The van der Waals surface area contributed by atoms with Crippen LogP contribution >= 0.6 is 0 Å². The van der Waals surface area contributed by atoms with Crippen molar-refractivity contribution in [3.8, 4) is 11.8 Å². The van der Waals surface area contributed by atoms with Crippen molar-refractivity contribution in [3.05, 3.63) is 29.8 Å². The zero-order valence-corrected chi connectivity index (χ0v) is 11.2. The van der Waals surface area contributed by atoms with Gasteiger partial charge >= 0.3 is 0 Å². The van der Waals surface area contributed by atoms with Gasteiger partial charge in [0.15, 0.2) is 0 Å². The minimum atomic E-state index is -0.0445. The molecule has 0 saturated carbocycles. The van der Waals surface area contributed by atoms with E-state index in [9.17, 15) is 4.79 Å². The summed E-state index contributed by atoms with van der Waals surface area (Å²) < 4.78 is 5.26. The van der Waals surface area contributed by atoms with Crippen LogP contribution < -0.4 is 11.1 Å². The van der Waals surface area contributed by atoms with Crippen molar-refractivity contribution in [3.63, 3.8) is 0 Å². The Bertz CT molecular complexity index is 443. The van der Waals surface area contributed by atoms with Gasteiger partial charge in [-0.3, -0.25) is 4.79 Å². The molecule has 0 heterocycles. The Balaban J connectivity index is 2.38. The van der Waals surface area contributed by atoms with E-state index >= 15 is 0 Å². The number of hydrogen-bond acceptors (Lipinski definition) is 3. The number of rotatable bonds is 6. The highest BCUT2D eigenvalue weighted by molar-refractivity contribution is 5.90. The van der Waals surface area contributed by atoms with Crippen LogP contribution in [0.5, 0.6) is 0 Å².